The maximum atomic E-state index is 11.4. The van der Waals surface area contributed by atoms with Crippen LogP contribution < -0.4 is 0 Å². The van der Waals surface area contributed by atoms with Crippen LogP contribution in [-0.4, -0.2) is 12.6 Å². The summed E-state index contributed by atoms with van der Waals surface area (Å²) < 4.78 is 4.92. The largest absolute Gasteiger partial charge is 0.462 e. The van der Waals surface area contributed by atoms with Gasteiger partial charge in [-0.15, -0.1) is 0 Å². The Hall–Kier alpha value is -1.31. The van der Waals surface area contributed by atoms with Crippen LogP contribution in [0.3, 0.4) is 0 Å². The summed E-state index contributed by atoms with van der Waals surface area (Å²) in [7, 11) is 0. The smallest absolute Gasteiger partial charge is 0.338 e. The molecule has 1 radical (unpaired) electrons. The van der Waals surface area contributed by atoms with Crippen molar-refractivity contribution in [2.45, 2.75) is 33.1 Å². The molecule has 0 aliphatic rings. The predicted molar refractivity (Wildman–Crippen MR) is 65.3 cm³/mol. The van der Waals surface area contributed by atoms with Crippen LogP contribution in [0.5, 0.6) is 0 Å². The van der Waals surface area contributed by atoms with Gasteiger partial charge in [-0.2, -0.15) is 0 Å². The molecule has 0 aliphatic heterocycles. The molecule has 1 aromatic rings. The lowest BCUT2D eigenvalue weighted by Gasteiger charge is -2.03. The Kier molecular flexibility index (Phi) is 5.62. The maximum absolute atomic E-state index is 11.4. The molecule has 87 valence electrons. The van der Waals surface area contributed by atoms with Gasteiger partial charge in [-0.3, -0.25) is 0 Å². The molecule has 0 heterocycles. The number of esters is 1. The van der Waals surface area contributed by atoms with E-state index in [2.05, 4.69) is 13.3 Å². The van der Waals surface area contributed by atoms with Gasteiger partial charge in [0.25, 0.3) is 0 Å². The predicted octanol–water partition coefficient (Wildman–Crippen LogP) is 3.41. The van der Waals surface area contributed by atoms with Crippen molar-refractivity contribution < 1.29 is 9.53 Å². The average Bonchev–Trinajstić information content (AvgIpc) is 2.30. The summed E-state index contributed by atoms with van der Waals surface area (Å²) in [5, 5.41) is 0. The Balaban J connectivity index is 2.50. The SMILES string of the molecule is CC[CH]CCc1ccc(C(=O)OCC)cc1. The fourth-order valence-electron chi connectivity index (χ4n) is 1.49. The van der Waals surface area contributed by atoms with E-state index in [1.54, 1.807) is 0 Å². The second kappa shape index (κ2) is 7.04. The number of hydrogen-bond donors (Lipinski definition) is 0. The highest BCUT2D eigenvalue weighted by atomic mass is 16.5. The number of unbranched alkanes of at least 4 members (excludes halogenated alkanes) is 2. The van der Waals surface area contributed by atoms with E-state index in [4.69, 9.17) is 4.74 Å². The number of benzene rings is 1. The van der Waals surface area contributed by atoms with Crippen LogP contribution in [0.4, 0.5) is 0 Å². The van der Waals surface area contributed by atoms with E-state index in [1.807, 2.05) is 31.2 Å². The lowest BCUT2D eigenvalue weighted by atomic mass is 10.1. The van der Waals surface area contributed by atoms with Gasteiger partial charge in [-0.05, 0) is 43.9 Å². The molecule has 0 bridgehead atoms. The third kappa shape index (κ3) is 4.05. The van der Waals surface area contributed by atoms with Crippen molar-refractivity contribution in [3.05, 3.63) is 41.8 Å². The quantitative estimate of drug-likeness (QED) is 0.541. The van der Waals surface area contributed by atoms with Crippen LogP contribution in [0, 0.1) is 6.42 Å². The molecule has 16 heavy (non-hydrogen) atoms. The molecule has 0 amide bonds. The number of carbonyl (C=O) groups is 1. The molecule has 0 N–H and O–H groups in total. The molecule has 1 rings (SSSR count). The Labute approximate surface area is 97.6 Å². The van der Waals surface area contributed by atoms with Gasteiger partial charge >= 0.3 is 5.97 Å². The highest BCUT2D eigenvalue weighted by molar-refractivity contribution is 5.89. The van der Waals surface area contributed by atoms with Gasteiger partial charge in [0.2, 0.25) is 0 Å². The number of rotatable bonds is 6. The normalized spacial score (nSPS) is 10.1. The monoisotopic (exact) mass is 219 g/mol. The van der Waals surface area contributed by atoms with Gasteiger partial charge in [0.1, 0.15) is 0 Å². The first kappa shape index (κ1) is 12.8. The molecule has 0 saturated carbocycles. The first-order valence-electron chi connectivity index (χ1n) is 5.85. The molecule has 0 aliphatic carbocycles. The zero-order valence-corrected chi connectivity index (χ0v) is 10.0. The van der Waals surface area contributed by atoms with Crippen molar-refractivity contribution in [2.75, 3.05) is 6.61 Å². The minimum Gasteiger partial charge on any atom is -0.462 e. The molecular weight excluding hydrogens is 200 g/mol. The minimum atomic E-state index is -0.242. The van der Waals surface area contributed by atoms with Gasteiger partial charge in [0.05, 0.1) is 12.2 Å². The second-order valence-corrected chi connectivity index (χ2v) is 3.65. The zero-order chi connectivity index (χ0) is 11.8. The summed E-state index contributed by atoms with van der Waals surface area (Å²) in [6.45, 7) is 4.38. The molecule has 0 saturated heterocycles. The Morgan fingerprint density at radius 3 is 2.50 bits per heavy atom. The van der Waals surface area contributed by atoms with E-state index in [1.165, 1.54) is 5.56 Å². The molecule has 2 nitrogen and oxygen atoms in total. The topological polar surface area (TPSA) is 26.3 Å². The van der Waals surface area contributed by atoms with E-state index in [9.17, 15) is 4.79 Å². The van der Waals surface area contributed by atoms with Gasteiger partial charge in [0, 0.05) is 0 Å². The first-order chi connectivity index (χ1) is 7.77. The second-order valence-electron chi connectivity index (χ2n) is 3.65. The Morgan fingerprint density at radius 2 is 1.94 bits per heavy atom. The van der Waals surface area contributed by atoms with Crippen molar-refractivity contribution in [2.24, 2.45) is 0 Å². The van der Waals surface area contributed by atoms with Crippen molar-refractivity contribution in [1.82, 2.24) is 0 Å². The Morgan fingerprint density at radius 1 is 1.25 bits per heavy atom. The van der Waals surface area contributed by atoms with Crippen LogP contribution in [0.1, 0.15) is 42.6 Å². The van der Waals surface area contributed by atoms with E-state index in [-0.39, 0.29) is 5.97 Å². The zero-order valence-electron chi connectivity index (χ0n) is 10.0. The number of ether oxygens (including phenoxy) is 1. The first-order valence-corrected chi connectivity index (χ1v) is 5.85. The summed E-state index contributed by atoms with van der Waals surface area (Å²) >= 11 is 0. The number of carbonyl (C=O) groups excluding carboxylic acids is 1. The van der Waals surface area contributed by atoms with Crippen LogP contribution in [0.25, 0.3) is 0 Å². The molecule has 2 heteroatoms. The molecule has 0 fully saturated rings. The van der Waals surface area contributed by atoms with Gasteiger partial charge in [0.15, 0.2) is 0 Å². The summed E-state index contributed by atoms with van der Waals surface area (Å²) in [6.07, 6.45) is 5.51. The minimum absolute atomic E-state index is 0.242. The van der Waals surface area contributed by atoms with Gasteiger partial charge < -0.3 is 4.74 Å². The number of hydrogen-bond acceptors (Lipinski definition) is 2. The summed E-state index contributed by atoms with van der Waals surface area (Å²) in [5.74, 6) is -0.242. The highest BCUT2D eigenvalue weighted by Gasteiger charge is 2.05. The average molecular weight is 219 g/mol. The van der Waals surface area contributed by atoms with Crippen LogP contribution in [0.2, 0.25) is 0 Å². The third-order valence-electron chi connectivity index (χ3n) is 2.39. The third-order valence-corrected chi connectivity index (χ3v) is 2.39. The summed E-state index contributed by atoms with van der Waals surface area (Å²) in [6, 6.07) is 7.66. The maximum Gasteiger partial charge on any atom is 0.338 e. The molecular formula is C14H19O2. The van der Waals surface area contributed by atoms with Gasteiger partial charge in [-0.1, -0.05) is 25.5 Å². The molecule has 0 atom stereocenters. The summed E-state index contributed by atoms with van der Waals surface area (Å²) in [5.41, 5.74) is 1.89. The van der Waals surface area contributed by atoms with Crippen LogP contribution >= 0.6 is 0 Å². The van der Waals surface area contributed by atoms with Crippen molar-refractivity contribution in [3.8, 4) is 0 Å². The van der Waals surface area contributed by atoms with Crippen molar-refractivity contribution >= 4 is 5.97 Å². The van der Waals surface area contributed by atoms with E-state index in [0.717, 1.165) is 19.3 Å². The number of aryl methyl sites for hydroxylation is 1. The van der Waals surface area contributed by atoms with Crippen LogP contribution in [0.15, 0.2) is 24.3 Å². The molecule has 0 unspecified atom stereocenters. The fourth-order valence-corrected chi connectivity index (χ4v) is 1.49. The van der Waals surface area contributed by atoms with Crippen LogP contribution in [-0.2, 0) is 11.2 Å². The fraction of sp³-hybridized carbons (Fsp3) is 0.429. The molecule has 1 aromatic carbocycles. The summed E-state index contributed by atoms with van der Waals surface area (Å²) in [4.78, 5) is 11.4. The Bertz CT molecular complexity index is 314. The molecule has 0 spiro atoms. The highest BCUT2D eigenvalue weighted by Crippen LogP contribution is 2.09. The van der Waals surface area contributed by atoms with E-state index < -0.39 is 0 Å². The molecule has 0 aromatic heterocycles. The van der Waals surface area contributed by atoms with E-state index in [0.29, 0.717) is 12.2 Å². The van der Waals surface area contributed by atoms with Crippen molar-refractivity contribution in [1.29, 1.82) is 0 Å². The lowest BCUT2D eigenvalue weighted by Crippen LogP contribution is -2.04. The van der Waals surface area contributed by atoms with E-state index >= 15 is 0 Å². The standard InChI is InChI=1S/C14H19O2/c1-3-5-6-7-12-8-10-13(11-9-12)14(15)16-4-2/h5,8-11H,3-4,6-7H2,1-2H3. The van der Waals surface area contributed by atoms with Gasteiger partial charge in [-0.25, -0.2) is 4.79 Å². The van der Waals surface area contributed by atoms with Crippen molar-refractivity contribution in [3.63, 3.8) is 0 Å². The lowest BCUT2D eigenvalue weighted by molar-refractivity contribution is 0.0526.